The molecule has 0 radical (unpaired) electrons. The predicted molar refractivity (Wildman–Crippen MR) is 57.1 cm³/mol. The van der Waals surface area contributed by atoms with Crippen molar-refractivity contribution in [2.24, 2.45) is 11.8 Å². The first-order chi connectivity index (χ1) is 5.75. The molecular formula is C9H16F3I. The van der Waals surface area contributed by atoms with E-state index in [2.05, 4.69) is 0 Å². The molecule has 80 valence electrons. The van der Waals surface area contributed by atoms with Crippen molar-refractivity contribution in [2.75, 3.05) is 0 Å². The summed E-state index contributed by atoms with van der Waals surface area (Å²) in [6.45, 7) is 5.32. The van der Waals surface area contributed by atoms with E-state index < -0.39 is 12.1 Å². The van der Waals surface area contributed by atoms with Crippen LogP contribution in [0.2, 0.25) is 0 Å². The predicted octanol–water partition coefficient (Wildman–Crippen LogP) is 4.42. The average Bonchev–Trinajstić information content (AvgIpc) is 1.96. The van der Waals surface area contributed by atoms with Gasteiger partial charge in [-0.3, -0.25) is 0 Å². The topological polar surface area (TPSA) is 0 Å². The first-order valence-corrected chi connectivity index (χ1v) is 5.70. The summed E-state index contributed by atoms with van der Waals surface area (Å²) in [4.78, 5) is 0. The van der Waals surface area contributed by atoms with Crippen molar-refractivity contribution < 1.29 is 13.2 Å². The summed E-state index contributed by atoms with van der Waals surface area (Å²) >= 11 is 1.91. The van der Waals surface area contributed by atoms with Crippen LogP contribution in [-0.4, -0.2) is 10.1 Å². The summed E-state index contributed by atoms with van der Waals surface area (Å²) in [5.74, 6) is -0.704. The van der Waals surface area contributed by atoms with Crippen LogP contribution >= 0.6 is 22.6 Å². The summed E-state index contributed by atoms with van der Waals surface area (Å²) in [5, 5.41) is 0. The summed E-state index contributed by atoms with van der Waals surface area (Å²) in [6.07, 6.45) is -2.52. The van der Waals surface area contributed by atoms with Gasteiger partial charge >= 0.3 is 6.18 Å². The Kier molecular flexibility index (Phi) is 5.63. The molecule has 0 saturated carbocycles. The highest BCUT2D eigenvalue weighted by Gasteiger charge is 2.39. The standard InChI is InChI=1S/C9H16F3I/c1-6(2)4-5-8(13)7(3)9(10,11)12/h6-8H,4-5H2,1-3H3. The number of rotatable bonds is 4. The third-order valence-corrected chi connectivity index (χ3v) is 3.78. The molecule has 2 unspecified atom stereocenters. The average molecular weight is 308 g/mol. The highest BCUT2D eigenvalue weighted by Crippen LogP contribution is 2.34. The molecule has 0 amide bonds. The summed E-state index contributed by atoms with van der Waals surface area (Å²) in [6, 6.07) is 0. The molecule has 0 aliphatic heterocycles. The lowest BCUT2D eigenvalue weighted by molar-refractivity contribution is -0.168. The van der Waals surface area contributed by atoms with Crippen molar-refractivity contribution in [2.45, 2.75) is 43.7 Å². The van der Waals surface area contributed by atoms with Crippen LogP contribution in [0, 0.1) is 11.8 Å². The molecule has 0 aromatic carbocycles. The fraction of sp³-hybridized carbons (Fsp3) is 1.00. The Labute approximate surface area is 91.4 Å². The lowest BCUT2D eigenvalue weighted by Crippen LogP contribution is -2.28. The van der Waals surface area contributed by atoms with Crippen LogP contribution < -0.4 is 0 Å². The molecule has 0 bridgehead atoms. The van der Waals surface area contributed by atoms with Crippen molar-refractivity contribution in [3.8, 4) is 0 Å². The maximum absolute atomic E-state index is 12.2. The fourth-order valence-electron chi connectivity index (χ4n) is 0.948. The fourth-order valence-corrected chi connectivity index (χ4v) is 1.71. The van der Waals surface area contributed by atoms with Gasteiger partial charge in [-0.05, 0) is 18.8 Å². The molecule has 0 saturated heterocycles. The third-order valence-electron chi connectivity index (χ3n) is 2.08. The van der Waals surface area contributed by atoms with E-state index >= 15 is 0 Å². The Morgan fingerprint density at radius 1 is 1.08 bits per heavy atom. The van der Waals surface area contributed by atoms with Crippen LogP contribution in [-0.2, 0) is 0 Å². The molecule has 2 atom stereocenters. The van der Waals surface area contributed by atoms with Gasteiger partial charge < -0.3 is 0 Å². The third kappa shape index (κ3) is 5.75. The van der Waals surface area contributed by atoms with E-state index in [1.54, 1.807) is 0 Å². The molecule has 13 heavy (non-hydrogen) atoms. The van der Waals surface area contributed by atoms with Gasteiger partial charge in [0.05, 0.1) is 5.92 Å². The van der Waals surface area contributed by atoms with E-state index in [-0.39, 0.29) is 3.92 Å². The van der Waals surface area contributed by atoms with Gasteiger partial charge in [0.2, 0.25) is 0 Å². The van der Waals surface area contributed by atoms with Crippen LogP contribution in [0.15, 0.2) is 0 Å². The van der Waals surface area contributed by atoms with Gasteiger partial charge in [-0.2, -0.15) is 13.2 Å². The van der Waals surface area contributed by atoms with Crippen molar-refractivity contribution in [3.05, 3.63) is 0 Å². The molecule has 0 nitrogen and oxygen atoms in total. The molecule has 0 rings (SSSR count). The molecule has 0 aromatic rings. The highest BCUT2D eigenvalue weighted by atomic mass is 127. The van der Waals surface area contributed by atoms with Crippen molar-refractivity contribution in [1.29, 1.82) is 0 Å². The van der Waals surface area contributed by atoms with Gasteiger partial charge in [0.1, 0.15) is 0 Å². The zero-order valence-electron chi connectivity index (χ0n) is 8.16. The maximum Gasteiger partial charge on any atom is 0.392 e. The Morgan fingerprint density at radius 3 is 1.85 bits per heavy atom. The largest absolute Gasteiger partial charge is 0.392 e. The molecule has 0 N–H and O–H groups in total. The van der Waals surface area contributed by atoms with E-state index in [0.717, 1.165) is 6.42 Å². The SMILES string of the molecule is CC(C)CCC(I)C(C)C(F)(F)F. The number of hydrogen-bond donors (Lipinski definition) is 0. The summed E-state index contributed by atoms with van der Waals surface area (Å²) < 4.78 is 36.4. The van der Waals surface area contributed by atoms with Crippen LogP contribution in [0.3, 0.4) is 0 Å². The Hall–Kier alpha value is 0.520. The van der Waals surface area contributed by atoms with Gasteiger partial charge in [0, 0.05) is 3.92 Å². The minimum Gasteiger partial charge on any atom is -0.171 e. The lowest BCUT2D eigenvalue weighted by atomic mass is 9.99. The number of hydrogen-bond acceptors (Lipinski definition) is 0. The quantitative estimate of drug-likeness (QED) is 0.532. The molecule has 0 heterocycles. The van der Waals surface area contributed by atoms with Crippen LogP contribution in [0.1, 0.15) is 33.6 Å². The normalized spacial score (nSPS) is 17.5. The molecule has 0 aliphatic carbocycles. The molecule has 0 spiro atoms. The second-order valence-electron chi connectivity index (χ2n) is 3.82. The van der Waals surface area contributed by atoms with Crippen molar-refractivity contribution in [1.82, 2.24) is 0 Å². The second-order valence-corrected chi connectivity index (χ2v) is 5.42. The minimum absolute atomic E-state index is 0.292. The molecule has 4 heteroatoms. The van der Waals surface area contributed by atoms with Crippen LogP contribution in [0.25, 0.3) is 0 Å². The molecule has 0 fully saturated rings. The summed E-state index contributed by atoms with van der Waals surface area (Å²) in [5.41, 5.74) is 0. The van der Waals surface area contributed by atoms with Gasteiger partial charge in [-0.1, -0.05) is 43.4 Å². The zero-order chi connectivity index (χ0) is 10.6. The van der Waals surface area contributed by atoms with Gasteiger partial charge in [-0.25, -0.2) is 0 Å². The number of alkyl halides is 4. The van der Waals surface area contributed by atoms with Crippen molar-refractivity contribution >= 4 is 22.6 Å². The lowest BCUT2D eigenvalue weighted by Gasteiger charge is -2.21. The van der Waals surface area contributed by atoms with Crippen molar-refractivity contribution in [3.63, 3.8) is 0 Å². The van der Waals surface area contributed by atoms with Gasteiger partial charge in [-0.15, -0.1) is 0 Å². The first-order valence-electron chi connectivity index (χ1n) is 4.46. The van der Waals surface area contributed by atoms with Crippen LogP contribution in [0.4, 0.5) is 13.2 Å². The van der Waals surface area contributed by atoms with Gasteiger partial charge in [0.25, 0.3) is 0 Å². The minimum atomic E-state index is -4.04. The zero-order valence-corrected chi connectivity index (χ0v) is 10.3. The Balaban J connectivity index is 3.90. The van der Waals surface area contributed by atoms with Crippen LogP contribution in [0.5, 0.6) is 0 Å². The highest BCUT2D eigenvalue weighted by molar-refractivity contribution is 14.1. The van der Waals surface area contributed by atoms with Gasteiger partial charge in [0.15, 0.2) is 0 Å². The maximum atomic E-state index is 12.2. The first kappa shape index (κ1) is 13.5. The second kappa shape index (κ2) is 5.41. The molecule has 0 aliphatic rings. The van der Waals surface area contributed by atoms with E-state index in [1.165, 1.54) is 6.92 Å². The molecule has 0 aromatic heterocycles. The van der Waals surface area contributed by atoms with E-state index in [0.29, 0.717) is 12.3 Å². The van der Waals surface area contributed by atoms with E-state index in [4.69, 9.17) is 0 Å². The smallest absolute Gasteiger partial charge is 0.171 e. The number of halogens is 4. The monoisotopic (exact) mass is 308 g/mol. The summed E-state index contributed by atoms with van der Waals surface area (Å²) in [7, 11) is 0. The van der Waals surface area contributed by atoms with E-state index in [9.17, 15) is 13.2 Å². The molecular weight excluding hydrogens is 292 g/mol. The Bertz CT molecular complexity index is 142. The Morgan fingerprint density at radius 2 is 1.54 bits per heavy atom. The van der Waals surface area contributed by atoms with E-state index in [1.807, 2.05) is 36.4 Å².